The summed E-state index contributed by atoms with van der Waals surface area (Å²) in [5.41, 5.74) is 0.965. The molecule has 1 aromatic carbocycles. The summed E-state index contributed by atoms with van der Waals surface area (Å²) in [6.07, 6.45) is -1.68. The molecule has 0 radical (unpaired) electrons. The Bertz CT molecular complexity index is 560. The maximum atomic E-state index is 12.3. The summed E-state index contributed by atoms with van der Waals surface area (Å²) in [7, 11) is -3.77. The number of benzene rings is 1. The fraction of sp³-hybridized carbons (Fsp3) is 0.571. The quantitative estimate of drug-likeness (QED) is 0.755. The van der Waals surface area contributed by atoms with E-state index in [-0.39, 0.29) is 24.0 Å². The second-order valence-corrected chi connectivity index (χ2v) is 6.97. The van der Waals surface area contributed by atoms with Gasteiger partial charge in [0.1, 0.15) is 0 Å². The van der Waals surface area contributed by atoms with Crippen molar-refractivity contribution >= 4 is 10.1 Å². The minimum absolute atomic E-state index is 0.0241. The average Bonchev–Trinajstić information content (AvgIpc) is 2.84. The van der Waals surface area contributed by atoms with Crippen molar-refractivity contribution in [3.63, 3.8) is 0 Å². The first-order valence-electron chi connectivity index (χ1n) is 6.83. The molecule has 1 saturated heterocycles. The molecule has 1 aliphatic rings. The molecule has 0 saturated carbocycles. The zero-order valence-electron chi connectivity index (χ0n) is 11.8. The molecular weight excluding hydrogens is 300 g/mol. The summed E-state index contributed by atoms with van der Waals surface area (Å²) in [6.45, 7) is 2.65. The highest BCUT2D eigenvalue weighted by Gasteiger charge is 2.26. The Morgan fingerprint density at radius 1 is 1.33 bits per heavy atom. The lowest BCUT2D eigenvalue weighted by atomic mass is 10.1. The van der Waals surface area contributed by atoms with E-state index in [1.54, 1.807) is 17.0 Å². The van der Waals surface area contributed by atoms with E-state index in [4.69, 9.17) is 4.18 Å². The first-order valence-corrected chi connectivity index (χ1v) is 8.24. The zero-order valence-corrected chi connectivity index (χ0v) is 12.7. The second kappa shape index (κ2) is 6.81. The van der Waals surface area contributed by atoms with Crippen LogP contribution in [0.1, 0.15) is 12.0 Å². The lowest BCUT2D eigenvalue weighted by Gasteiger charge is -2.15. The van der Waals surface area contributed by atoms with Gasteiger partial charge in [-0.3, -0.25) is 9.08 Å². The number of nitrogens with zero attached hydrogens (tertiary/aromatic N) is 1. The normalized spacial score (nSPS) is 20.3. The van der Waals surface area contributed by atoms with Crippen molar-refractivity contribution in [1.82, 2.24) is 4.90 Å². The van der Waals surface area contributed by atoms with Crippen LogP contribution in [-0.4, -0.2) is 46.0 Å². The Morgan fingerprint density at radius 3 is 2.62 bits per heavy atom. The topological polar surface area (TPSA) is 46.6 Å². The maximum Gasteiger partial charge on any atom is 0.296 e. The monoisotopic (exact) mass is 319 g/mol. The molecule has 0 amide bonds. The van der Waals surface area contributed by atoms with Crippen LogP contribution in [0.3, 0.4) is 0 Å². The van der Waals surface area contributed by atoms with Crippen LogP contribution in [0.15, 0.2) is 29.2 Å². The number of alkyl halides is 2. The van der Waals surface area contributed by atoms with Gasteiger partial charge in [0.05, 0.1) is 18.0 Å². The molecule has 1 atom stereocenters. The van der Waals surface area contributed by atoms with Crippen molar-refractivity contribution in [2.45, 2.75) is 24.7 Å². The Balaban J connectivity index is 1.87. The van der Waals surface area contributed by atoms with Crippen LogP contribution in [0.25, 0.3) is 0 Å². The molecule has 1 fully saturated rings. The highest BCUT2D eigenvalue weighted by Crippen LogP contribution is 2.20. The molecule has 4 nitrogen and oxygen atoms in total. The van der Waals surface area contributed by atoms with Gasteiger partial charge in [-0.25, -0.2) is 8.78 Å². The minimum atomic E-state index is -3.77. The van der Waals surface area contributed by atoms with E-state index in [1.807, 2.05) is 6.92 Å². The first kappa shape index (κ1) is 16.3. The van der Waals surface area contributed by atoms with Gasteiger partial charge in [-0.1, -0.05) is 17.7 Å². The molecule has 1 heterocycles. The standard InChI is InChI=1S/C14H19F2NO3S/c1-11-2-4-13(5-3-11)21(18,19)20-10-12-6-7-17(8-12)9-14(15)16/h2-5,12,14H,6-10H2,1H3. The zero-order chi connectivity index (χ0) is 15.5. The van der Waals surface area contributed by atoms with Gasteiger partial charge in [-0.05, 0) is 37.9 Å². The van der Waals surface area contributed by atoms with Crippen molar-refractivity contribution in [2.24, 2.45) is 5.92 Å². The third-order valence-corrected chi connectivity index (χ3v) is 4.83. The van der Waals surface area contributed by atoms with Crippen LogP contribution in [0.5, 0.6) is 0 Å². The van der Waals surface area contributed by atoms with Crippen molar-refractivity contribution in [3.8, 4) is 0 Å². The van der Waals surface area contributed by atoms with E-state index >= 15 is 0 Å². The molecule has 1 aromatic rings. The molecule has 0 aromatic heterocycles. The van der Waals surface area contributed by atoms with Gasteiger partial charge in [0, 0.05) is 6.54 Å². The van der Waals surface area contributed by atoms with E-state index in [0.29, 0.717) is 19.5 Å². The van der Waals surface area contributed by atoms with Gasteiger partial charge in [0.2, 0.25) is 0 Å². The molecule has 0 spiro atoms. The summed E-state index contributed by atoms with van der Waals surface area (Å²) in [6, 6.07) is 6.41. The third kappa shape index (κ3) is 4.72. The number of hydrogen-bond acceptors (Lipinski definition) is 4. The summed E-state index contributed by atoms with van der Waals surface area (Å²) in [5.74, 6) is -0.0241. The van der Waals surface area contributed by atoms with Gasteiger partial charge >= 0.3 is 0 Å². The number of likely N-dealkylation sites (tertiary alicyclic amines) is 1. The Morgan fingerprint density at radius 2 is 2.00 bits per heavy atom. The number of aryl methyl sites for hydroxylation is 1. The molecule has 2 rings (SSSR count). The Labute approximate surface area is 123 Å². The average molecular weight is 319 g/mol. The third-order valence-electron chi connectivity index (χ3n) is 3.53. The van der Waals surface area contributed by atoms with Crippen LogP contribution in [-0.2, 0) is 14.3 Å². The van der Waals surface area contributed by atoms with Crippen LogP contribution in [0.2, 0.25) is 0 Å². The molecule has 118 valence electrons. The van der Waals surface area contributed by atoms with Crippen LogP contribution < -0.4 is 0 Å². The molecule has 0 aliphatic carbocycles. The summed E-state index contributed by atoms with van der Waals surface area (Å²) in [5, 5.41) is 0. The van der Waals surface area contributed by atoms with Gasteiger partial charge in [-0.2, -0.15) is 8.42 Å². The summed E-state index contributed by atoms with van der Waals surface area (Å²) in [4.78, 5) is 1.76. The predicted molar refractivity (Wildman–Crippen MR) is 74.9 cm³/mol. The Hall–Kier alpha value is -1.05. The smallest absolute Gasteiger partial charge is 0.296 e. The number of hydrogen-bond donors (Lipinski definition) is 0. The van der Waals surface area contributed by atoms with Crippen molar-refractivity contribution < 1.29 is 21.4 Å². The van der Waals surface area contributed by atoms with Crippen LogP contribution >= 0.6 is 0 Å². The second-order valence-electron chi connectivity index (χ2n) is 5.36. The first-order chi connectivity index (χ1) is 9.87. The van der Waals surface area contributed by atoms with Gasteiger partial charge in [0.15, 0.2) is 0 Å². The highest BCUT2D eigenvalue weighted by molar-refractivity contribution is 7.86. The van der Waals surface area contributed by atoms with Gasteiger partial charge < -0.3 is 0 Å². The van der Waals surface area contributed by atoms with E-state index in [9.17, 15) is 17.2 Å². The molecular formula is C14H19F2NO3S. The lowest BCUT2D eigenvalue weighted by Crippen LogP contribution is -2.27. The Kier molecular flexibility index (Phi) is 5.29. The van der Waals surface area contributed by atoms with Crippen molar-refractivity contribution in [1.29, 1.82) is 0 Å². The molecule has 1 unspecified atom stereocenters. The fourth-order valence-electron chi connectivity index (χ4n) is 2.37. The number of rotatable bonds is 6. The lowest BCUT2D eigenvalue weighted by molar-refractivity contribution is 0.0964. The molecule has 7 heteroatoms. The van der Waals surface area contributed by atoms with Crippen LogP contribution in [0.4, 0.5) is 8.78 Å². The van der Waals surface area contributed by atoms with E-state index in [2.05, 4.69) is 0 Å². The maximum absolute atomic E-state index is 12.3. The van der Waals surface area contributed by atoms with Gasteiger partial charge in [-0.15, -0.1) is 0 Å². The van der Waals surface area contributed by atoms with Crippen LogP contribution in [0, 0.1) is 12.8 Å². The van der Waals surface area contributed by atoms with Gasteiger partial charge in [0.25, 0.3) is 16.5 Å². The largest absolute Gasteiger partial charge is 0.297 e. The van der Waals surface area contributed by atoms with Crippen molar-refractivity contribution in [2.75, 3.05) is 26.2 Å². The molecule has 0 N–H and O–H groups in total. The molecule has 21 heavy (non-hydrogen) atoms. The predicted octanol–water partition coefficient (Wildman–Crippen LogP) is 2.29. The summed E-state index contributed by atoms with van der Waals surface area (Å²) < 4.78 is 53.6. The molecule has 1 aliphatic heterocycles. The van der Waals surface area contributed by atoms with E-state index in [1.165, 1.54) is 12.1 Å². The molecule has 0 bridgehead atoms. The summed E-state index contributed by atoms with van der Waals surface area (Å²) >= 11 is 0. The highest BCUT2D eigenvalue weighted by atomic mass is 32.2. The fourth-order valence-corrected chi connectivity index (χ4v) is 3.35. The minimum Gasteiger partial charge on any atom is -0.297 e. The SMILES string of the molecule is Cc1ccc(S(=O)(=O)OCC2CCN(CC(F)F)C2)cc1. The number of halogens is 2. The van der Waals surface area contributed by atoms with E-state index < -0.39 is 16.5 Å². The van der Waals surface area contributed by atoms with Crippen molar-refractivity contribution in [3.05, 3.63) is 29.8 Å². The van der Waals surface area contributed by atoms with E-state index in [0.717, 1.165) is 5.56 Å².